The van der Waals surface area contributed by atoms with Gasteiger partial charge in [0.05, 0.1) is 25.3 Å². The number of guanidine groups is 1. The van der Waals surface area contributed by atoms with Crippen molar-refractivity contribution in [3.8, 4) is 0 Å². The van der Waals surface area contributed by atoms with Crippen LogP contribution in [0.3, 0.4) is 0 Å². The number of aliphatic carboxylic acids is 1. The molecule has 2 saturated heterocycles. The molecule has 0 aliphatic carbocycles. The lowest BCUT2D eigenvalue weighted by Gasteiger charge is -2.40. The van der Waals surface area contributed by atoms with Crippen LogP contribution in [0.1, 0.15) is 56.2 Å². The Labute approximate surface area is 388 Å². The molecule has 0 spiro atoms. The number of carbonyl (C=O) groups excluding carboxylic acids is 7. The van der Waals surface area contributed by atoms with E-state index in [9.17, 15) is 63.2 Å². The summed E-state index contributed by atoms with van der Waals surface area (Å²) < 4.78 is 19.3. The standard InChI is InChI=1S/C41H60FN13O13/c42-13-6-10-23-20-55(54-53-23)21-30(57)47-18-28-32(60)33(61)34(62)35(68-28)40(67)45-14-5-4-11-25-37(64)50-24(12-7-15-46-41(43)44)36(63)48-19-29(56)49-27(17-31(58)59)39(66)52-26(38(65)51-25)16-22-8-2-1-3-9-22/h1-3,8-9,20,24-28,32-35,60-62H,4-7,10-19,21H2,(H,45,67)(H,47,57)(H,48,63)(H,49,56)(H,50,64)(H,51,65)(H,52,66)(H,58,59)(H4,43,44,46). The van der Waals surface area contributed by atoms with Gasteiger partial charge in [-0.05, 0) is 50.5 Å². The van der Waals surface area contributed by atoms with Crippen molar-refractivity contribution in [3.05, 3.63) is 47.8 Å². The number of aliphatic hydroxyl groups excluding tert-OH is 3. The molecule has 0 radical (unpaired) electrons. The molecule has 3 heterocycles. The molecule has 9 unspecified atom stereocenters. The maximum absolute atomic E-state index is 14.0. The summed E-state index contributed by atoms with van der Waals surface area (Å²) in [4.78, 5) is 109. The number of halogens is 1. The second kappa shape index (κ2) is 27.1. The van der Waals surface area contributed by atoms with Crippen LogP contribution in [-0.2, 0) is 62.5 Å². The van der Waals surface area contributed by atoms with Crippen LogP contribution in [0.15, 0.2) is 41.5 Å². The number of amides is 7. The van der Waals surface area contributed by atoms with Crippen LogP contribution in [0.2, 0.25) is 0 Å². The number of alkyl halides is 1. The van der Waals surface area contributed by atoms with Gasteiger partial charge in [-0.3, -0.25) is 47.7 Å². The molecule has 27 heteroatoms. The van der Waals surface area contributed by atoms with Crippen LogP contribution in [0.4, 0.5) is 4.39 Å². The summed E-state index contributed by atoms with van der Waals surface area (Å²) in [5, 5.41) is 66.4. The minimum atomic E-state index is -1.87. The highest BCUT2D eigenvalue weighted by Crippen LogP contribution is 2.21. The van der Waals surface area contributed by atoms with Crippen molar-refractivity contribution in [2.24, 2.45) is 16.5 Å². The number of nitrogens with zero attached hydrogens (tertiary/aromatic N) is 4. The second-order valence-electron chi connectivity index (χ2n) is 16.1. The van der Waals surface area contributed by atoms with E-state index in [1.807, 2.05) is 0 Å². The van der Waals surface area contributed by atoms with Crippen LogP contribution in [0, 0.1) is 0 Å². The van der Waals surface area contributed by atoms with E-state index in [0.29, 0.717) is 17.7 Å². The SMILES string of the molecule is NC(N)=NCCCC1NC(=O)C(CCCCNC(=O)C2OC(CNC(=O)Cn3cc(CCCF)nn3)C(O)C(O)C2O)NC(=O)C(Cc2ccccc2)NC(=O)C(CC(=O)O)NC(=O)CNC1=O. The molecule has 0 bridgehead atoms. The van der Waals surface area contributed by atoms with E-state index in [1.54, 1.807) is 30.3 Å². The van der Waals surface area contributed by atoms with Gasteiger partial charge in [0.15, 0.2) is 12.1 Å². The number of nitrogens with one attached hydrogen (secondary N) is 7. The summed E-state index contributed by atoms with van der Waals surface area (Å²) in [5.74, 6) is -7.62. The van der Waals surface area contributed by atoms with Gasteiger partial charge < -0.3 is 73.8 Å². The topological polar surface area (TPSA) is 406 Å². The number of aryl methyl sites for hydroxylation is 1. The number of benzene rings is 1. The van der Waals surface area contributed by atoms with Gasteiger partial charge >= 0.3 is 5.97 Å². The van der Waals surface area contributed by atoms with E-state index < -0.39 is 122 Å². The molecule has 15 N–H and O–H groups in total. The molecule has 9 atom stereocenters. The van der Waals surface area contributed by atoms with Crippen LogP contribution in [0.25, 0.3) is 0 Å². The zero-order valence-corrected chi connectivity index (χ0v) is 37.1. The zero-order chi connectivity index (χ0) is 49.8. The summed E-state index contributed by atoms with van der Waals surface area (Å²) in [6, 6.07) is 2.70. The molecular weight excluding hydrogens is 902 g/mol. The third-order valence-electron chi connectivity index (χ3n) is 10.7. The smallest absolute Gasteiger partial charge is 0.305 e. The maximum atomic E-state index is 14.0. The summed E-state index contributed by atoms with van der Waals surface area (Å²) in [5.41, 5.74) is 11.9. The predicted molar refractivity (Wildman–Crippen MR) is 234 cm³/mol. The van der Waals surface area contributed by atoms with Gasteiger partial charge in [0.2, 0.25) is 35.4 Å². The van der Waals surface area contributed by atoms with E-state index in [1.165, 1.54) is 10.9 Å². The lowest BCUT2D eigenvalue weighted by Crippen LogP contribution is -2.63. The number of aliphatic imine (C=N–C) groups is 1. The highest BCUT2D eigenvalue weighted by atomic mass is 19.1. The first-order valence-corrected chi connectivity index (χ1v) is 21.9. The number of ether oxygens (including phenoxy) is 1. The monoisotopic (exact) mass is 961 g/mol. The van der Waals surface area contributed by atoms with Crippen molar-refractivity contribution in [2.45, 2.75) is 119 Å². The van der Waals surface area contributed by atoms with Crippen LogP contribution in [0.5, 0.6) is 0 Å². The molecular formula is C41H60FN13O13. The Hall–Kier alpha value is -6.84. The molecule has 68 heavy (non-hydrogen) atoms. The van der Waals surface area contributed by atoms with E-state index in [2.05, 4.69) is 52.5 Å². The number of hydrogen-bond acceptors (Lipinski definition) is 15. The van der Waals surface area contributed by atoms with Gasteiger partial charge in [-0.1, -0.05) is 35.5 Å². The number of aromatic nitrogens is 3. The molecule has 7 amide bonds. The lowest BCUT2D eigenvalue weighted by molar-refractivity contribution is -0.219. The third-order valence-corrected chi connectivity index (χ3v) is 10.7. The Morgan fingerprint density at radius 3 is 2.18 bits per heavy atom. The number of rotatable bonds is 21. The van der Waals surface area contributed by atoms with Gasteiger partial charge in [0, 0.05) is 32.3 Å². The van der Waals surface area contributed by atoms with Crippen molar-refractivity contribution in [3.63, 3.8) is 0 Å². The highest BCUT2D eigenvalue weighted by molar-refractivity contribution is 5.98. The first-order valence-electron chi connectivity index (χ1n) is 21.9. The van der Waals surface area contributed by atoms with Gasteiger partial charge in [-0.2, -0.15) is 0 Å². The fourth-order valence-corrected chi connectivity index (χ4v) is 7.15. The Morgan fingerprint density at radius 1 is 0.824 bits per heavy atom. The van der Waals surface area contributed by atoms with Crippen LogP contribution < -0.4 is 48.7 Å². The van der Waals surface area contributed by atoms with E-state index >= 15 is 0 Å². The van der Waals surface area contributed by atoms with Crippen LogP contribution in [-0.4, -0.2) is 176 Å². The van der Waals surface area contributed by atoms with Gasteiger partial charge in [0.1, 0.15) is 55.1 Å². The van der Waals surface area contributed by atoms with Gasteiger partial charge in [-0.25, -0.2) is 4.68 Å². The van der Waals surface area contributed by atoms with Gasteiger partial charge in [0.25, 0.3) is 5.91 Å². The van der Waals surface area contributed by atoms with Crippen molar-refractivity contribution in [1.82, 2.24) is 52.2 Å². The molecule has 1 aromatic heterocycles. The molecule has 2 aliphatic heterocycles. The Bertz CT molecular complexity index is 2080. The lowest BCUT2D eigenvalue weighted by atomic mass is 9.94. The number of aliphatic hydroxyl groups is 3. The van der Waals surface area contributed by atoms with E-state index in [-0.39, 0.29) is 77.1 Å². The minimum absolute atomic E-state index is 0.0394. The molecule has 2 fully saturated rings. The molecule has 374 valence electrons. The number of unbranched alkanes of at least 4 members (excludes halogenated alkanes) is 1. The molecule has 26 nitrogen and oxygen atoms in total. The fraction of sp³-hybridized carbons (Fsp3) is 0.585. The first kappa shape index (κ1) is 53.8. The largest absolute Gasteiger partial charge is 0.481 e. The first-order chi connectivity index (χ1) is 32.4. The quantitative estimate of drug-likeness (QED) is 0.0315. The summed E-state index contributed by atoms with van der Waals surface area (Å²) in [6.45, 7) is -1.94. The number of hydrogen-bond donors (Lipinski definition) is 13. The van der Waals surface area contributed by atoms with Crippen molar-refractivity contribution >= 4 is 53.3 Å². The summed E-state index contributed by atoms with van der Waals surface area (Å²) in [6.07, 6.45) is -7.09. The molecule has 4 rings (SSSR count). The number of carbonyl (C=O) groups is 8. The molecule has 0 saturated carbocycles. The Balaban J connectivity index is 1.45. The Morgan fingerprint density at radius 2 is 1.49 bits per heavy atom. The minimum Gasteiger partial charge on any atom is -0.481 e. The van der Waals surface area contributed by atoms with E-state index in [0.717, 1.165) is 0 Å². The summed E-state index contributed by atoms with van der Waals surface area (Å²) in [7, 11) is 0. The predicted octanol–water partition coefficient (Wildman–Crippen LogP) is -5.73. The normalized spacial score (nSPS) is 24.9. The second-order valence-corrected chi connectivity index (χ2v) is 16.1. The number of carboxylic acid groups (broad SMARTS) is 1. The maximum Gasteiger partial charge on any atom is 0.305 e. The molecule has 1 aromatic carbocycles. The average Bonchev–Trinajstić information content (AvgIpc) is 3.75. The fourth-order valence-electron chi connectivity index (χ4n) is 7.15. The average molecular weight is 962 g/mol. The highest BCUT2D eigenvalue weighted by Gasteiger charge is 2.46. The van der Waals surface area contributed by atoms with Crippen molar-refractivity contribution in [1.29, 1.82) is 0 Å². The number of nitrogens with two attached hydrogens (primary N) is 2. The van der Waals surface area contributed by atoms with E-state index in [4.69, 9.17) is 16.2 Å². The van der Waals surface area contributed by atoms with Crippen molar-refractivity contribution in [2.75, 3.05) is 32.9 Å². The molecule has 2 aromatic rings. The van der Waals surface area contributed by atoms with Crippen LogP contribution >= 0.6 is 0 Å². The zero-order valence-electron chi connectivity index (χ0n) is 37.1. The Kier molecular flexibility index (Phi) is 21.4. The summed E-state index contributed by atoms with van der Waals surface area (Å²) >= 11 is 0. The van der Waals surface area contributed by atoms with Gasteiger partial charge in [-0.15, -0.1) is 5.10 Å². The molecule has 2 aliphatic rings. The number of carboxylic acids is 1. The third kappa shape index (κ3) is 17.4. The van der Waals surface area contributed by atoms with Crippen molar-refractivity contribution < 1.29 is 67.9 Å².